The Labute approximate surface area is 172 Å². The first-order valence-electron chi connectivity index (χ1n) is 9.71. The first kappa shape index (κ1) is 16.8. The van der Waals surface area contributed by atoms with Crippen LogP contribution >= 0.6 is 0 Å². The fraction of sp³-hybridized carbons (Fsp3) is 0.0435. The Morgan fingerprint density at radius 1 is 0.967 bits per heavy atom. The average molecular weight is 392 g/mol. The zero-order chi connectivity index (χ0) is 20.2. The lowest BCUT2D eigenvalue weighted by Crippen LogP contribution is -3.11. The van der Waals surface area contributed by atoms with Gasteiger partial charge in [-0.25, -0.2) is 15.8 Å². The van der Waals surface area contributed by atoms with Crippen LogP contribution in [0.2, 0.25) is 0 Å². The molecule has 1 unspecified atom stereocenters. The van der Waals surface area contributed by atoms with E-state index in [0.717, 1.165) is 33.5 Å². The number of nitrogens with one attached hydrogen (secondary N) is 3. The summed E-state index contributed by atoms with van der Waals surface area (Å²) in [5, 5.41) is 20.9. The number of allylic oxidation sites excluding steroid dienone is 1. The molecule has 6 rings (SSSR count). The summed E-state index contributed by atoms with van der Waals surface area (Å²) in [6, 6.07) is 22.4. The van der Waals surface area contributed by atoms with Crippen molar-refractivity contribution < 1.29 is 5.01 Å². The van der Waals surface area contributed by atoms with Crippen molar-refractivity contribution in [2.24, 2.45) is 17.3 Å². The molecule has 0 saturated heterocycles. The summed E-state index contributed by atoms with van der Waals surface area (Å²) in [5.41, 5.74) is 7.28. The topological polar surface area (TPSA) is 82.9 Å². The third-order valence-corrected chi connectivity index (χ3v) is 5.57. The van der Waals surface area contributed by atoms with Gasteiger partial charge in [-0.15, -0.1) is 5.01 Å². The highest BCUT2D eigenvalue weighted by Gasteiger charge is 2.38. The van der Waals surface area contributed by atoms with Crippen LogP contribution in [0.3, 0.4) is 0 Å². The van der Waals surface area contributed by atoms with E-state index in [4.69, 9.17) is 10.5 Å². The number of quaternary nitrogens is 1. The predicted octanol–water partition coefficient (Wildman–Crippen LogP) is 2.16. The SMILES string of the molecule is Cn1c(C2=NNC3=CC(c4ccc5ccccc5c4)=N[NH+]3C2=N)nc2ccccc21. The Balaban J connectivity index is 1.38. The minimum Gasteiger partial charge on any atom is -0.325 e. The Morgan fingerprint density at radius 2 is 1.77 bits per heavy atom. The van der Waals surface area contributed by atoms with Crippen molar-refractivity contribution in [3.63, 3.8) is 0 Å². The fourth-order valence-electron chi connectivity index (χ4n) is 3.99. The van der Waals surface area contributed by atoms with Crippen molar-refractivity contribution in [2.75, 3.05) is 0 Å². The third kappa shape index (κ3) is 2.42. The summed E-state index contributed by atoms with van der Waals surface area (Å²) in [5.74, 6) is 1.66. The van der Waals surface area contributed by atoms with Crippen molar-refractivity contribution in [1.29, 1.82) is 5.41 Å². The minimum atomic E-state index is 0.272. The molecule has 2 aliphatic rings. The summed E-state index contributed by atoms with van der Waals surface area (Å²) in [7, 11) is 1.94. The number of rotatable bonds is 2. The van der Waals surface area contributed by atoms with Crippen LogP contribution in [0.15, 0.2) is 88.8 Å². The Kier molecular flexibility index (Phi) is 3.48. The molecule has 0 spiro atoms. The van der Waals surface area contributed by atoms with Gasteiger partial charge in [0.15, 0.2) is 5.82 Å². The lowest BCUT2D eigenvalue weighted by molar-refractivity contribution is -0.770. The maximum Gasteiger partial charge on any atom is 0.283 e. The van der Waals surface area contributed by atoms with Crippen LogP contribution in [0.1, 0.15) is 11.4 Å². The molecule has 0 radical (unpaired) electrons. The Morgan fingerprint density at radius 3 is 2.63 bits per heavy atom. The van der Waals surface area contributed by atoms with Crippen LogP contribution in [0, 0.1) is 5.41 Å². The van der Waals surface area contributed by atoms with Crippen LogP contribution in [0.5, 0.6) is 0 Å². The first-order valence-corrected chi connectivity index (χ1v) is 9.71. The van der Waals surface area contributed by atoms with Crippen molar-refractivity contribution in [3.8, 4) is 0 Å². The number of fused-ring (bicyclic) bond motifs is 3. The minimum absolute atomic E-state index is 0.272. The summed E-state index contributed by atoms with van der Waals surface area (Å²) in [6.07, 6.45) is 1.95. The maximum absolute atomic E-state index is 8.76. The summed E-state index contributed by atoms with van der Waals surface area (Å²) in [6.45, 7) is 0. The molecule has 7 heteroatoms. The van der Waals surface area contributed by atoms with E-state index in [-0.39, 0.29) is 5.84 Å². The Bertz CT molecular complexity index is 1450. The van der Waals surface area contributed by atoms with Crippen LogP contribution in [-0.2, 0) is 7.05 Å². The van der Waals surface area contributed by atoms with E-state index in [1.807, 2.05) is 54.1 Å². The number of hydrogen-bond donors (Lipinski definition) is 3. The van der Waals surface area contributed by atoms with Gasteiger partial charge in [0.2, 0.25) is 5.71 Å². The largest absolute Gasteiger partial charge is 0.325 e. The number of para-hydroxylation sites is 2. The second-order valence-electron chi connectivity index (χ2n) is 7.40. The monoisotopic (exact) mass is 392 g/mol. The standard InChI is InChI=1S/C23H17N7/c1-29-19-9-5-4-8-17(19)25-23(29)21-22(24)30-20(26-27-21)13-18(28-30)16-11-10-14-6-2-3-7-15(14)12-16/h2-13,24,26H,1H3/p+1. The van der Waals surface area contributed by atoms with Gasteiger partial charge in [-0.3, -0.25) is 0 Å². The van der Waals surface area contributed by atoms with E-state index in [9.17, 15) is 0 Å². The number of hydrogen-bond acceptors (Lipinski definition) is 5. The molecular formula is C23H18N7+. The number of benzene rings is 3. The van der Waals surface area contributed by atoms with Crippen molar-refractivity contribution >= 4 is 39.1 Å². The molecule has 0 fully saturated rings. The highest BCUT2D eigenvalue weighted by Crippen LogP contribution is 2.18. The second-order valence-corrected chi connectivity index (χ2v) is 7.40. The van der Waals surface area contributed by atoms with Gasteiger partial charge < -0.3 is 4.57 Å². The molecule has 144 valence electrons. The van der Waals surface area contributed by atoms with E-state index >= 15 is 0 Å². The summed E-state index contributed by atoms with van der Waals surface area (Å²) >= 11 is 0. The molecule has 0 bridgehead atoms. The van der Waals surface area contributed by atoms with Gasteiger partial charge in [-0.1, -0.05) is 53.6 Å². The van der Waals surface area contributed by atoms with Crippen LogP contribution in [-0.4, -0.2) is 26.8 Å². The zero-order valence-electron chi connectivity index (χ0n) is 16.2. The van der Waals surface area contributed by atoms with Crippen LogP contribution in [0.4, 0.5) is 0 Å². The fourth-order valence-corrected chi connectivity index (χ4v) is 3.99. The molecule has 3 aromatic carbocycles. The molecule has 0 aliphatic carbocycles. The molecule has 30 heavy (non-hydrogen) atoms. The quantitative estimate of drug-likeness (QED) is 0.489. The molecule has 3 heterocycles. The van der Waals surface area contributed by atoms with Gasteiger partial charge in [0, 0.05) is 12.6 Å². The number of amidine groups is 1. The first-order chi connectivity index (χ1) is 14.7. The van der Waals surface area contributed by atoms with Crippen LogP contribution in [0.25, 0.3) is 21.8 Å². The second kappa shape index (κ2) is 6.20. The van der Waals surface area contributed by atoms with E-state index in [1.165, 1.54) is 5.39 Å². The van der Waals surface area contributed by atoms with Gasteiger partial charge in [0.1, 0.15) is 5.71 Å². The number of hydrazone groups is 1. The van der Waals surface area contributed by atoms with E-state index < -0.39 is 0 Å². The number of nitrogens with zero attached hydrogens (tertiary/aromatic N) is 4. The Hall–Kier alpha value is -4.10. The highest BCUT2D eigenvalue weighted by molar-refractivity contribution is 6.43. The molecular weight excluding hydrogens is 374 g/mol. The highest BCUT2D eigenvalue weighted by atomic mass is 15.6. The van der Waals surface area contributed by atoms with Gasteiger partial charge >= 0.3 is 0 Å². The van der Waals surface area contributed by atoms with Gasteiger partial charge in [0.05, 0.1) is 17.1 Å². The predicted molar refractivity (Wildman–Crippen MR) is 118 cm³/mol. The smallest absolute Gasteiger partial charge is 0.283 e. The molecule has 0 amide bonds. The zero-order valence-corrected chi connectivity index (χ0v) is 16.2. The molecule has 2 aliphatic heterocycles. The summed E-state index contributed by atoms with van der Waals surface area (Å²) in [4.78, 5) is 4.68. The number of aryl methyl sites for hydroxylation is 1. The lowest BCUT2D eigenvalue weighted by atomic mass is 10.0. The third-order valence-electron chi connectivity index (χ3n) is 5.57. The molecule has 1 aromatic heterocycles. The van der Waals surface area contributed by atoms with E-state index in [2.05, 4.69) is 45.8 Å². The van der Waals surface area contributed by atoms with Crippen molar-refractivity contribution in [2.45, 2.75) is 0 Å². The van der Waals surface area contributed by atoms with Crippen molar-refractivity contribution in [1.82, 2.24) is 15.0 Å². The maximum atomic E-state index is 8.76. The van der Waals surface area contributed by atoms with Crippen LogP contribution < -0.4 is 10.4 Å². The van der Waals surface area contributed by atoms with Crippen molar-refractivity contribution in [3.05, 3.63) is 90.0 Å². The number of aromatic nitrogens is 2. The van der Waals surface area contributed by atoms with E-state index in [0.29, 0.717) is 16.5 Å². The van der Waals surface area contributed by atoms with E-state index in [1.54, 1.807) is 0 Å². The van der Waals surface area contributed by atoms with Gasteiger partial charge in [0.25, 0.3) is 11.7 Å². The molecule has 1 atom stereocenters. The molecule has 7 nitrogen and oxygen atoms in total. The normalized spacial score (nSPS) is 18.1. The molecule has 3 N–H and O–H groups in total. The van der Waals surface area contributed by atoms with Gasteiger partial charge in [-0.05, 0) is 29.0 Å². The average Bonchev–Trinajstić information content (AvgIpc) is 3.36. The summed E-state index contributed by atoms with van der Waals surface area (Å²) < 4.78 is 1.96. The molecule has 4 aromatic rings. The molecule has 0 saturated carbocycles. The van der Waals surface area contributed by atoms with Gasteiger partial charge in [-0.2, -0.15) is 5.10 Å². The lowest BCUT2D eigenvalue weighted by Gasteiger charge is -2.17. The number of imidazole rings is 1.